The lowest BCUT2D eigenvalue weighted by molar-refractivity contribution is -0.159. The summed E-state index contributed by atoms with van der Waals surface area (Å²) in [5.41, 5.74) is 4.69. The highest BCUT2D eigenvalue weighted by molar-refractivity contribution is 6.27. The Kier molecular flexibility index (Phi) is 9.12. The summed E-state index contributed by atoms with van der Waals surface area (Å²) < 4.78 is 4.15. The molecule has 2 aromatic heterocycles. The van der Waals surface area contributed by atoms with E-state index < -0.39 is 11.9 Å². The maximum absolute atomic E-state index is 9.10. The van der Waals surface area contributed by atoms with E-state index in [1.807, 2.05) is 35.5 Å². The van der Waals surface area contributed by atoms with Crippen LogP contribution in [0.4, 0.5) is 0 Å². The van der Waals surface area contributed by atoms with Gasteiger partial charge in [0.15, 0.2) is 0 Å². The first-order valence-electron chi connectivity index (χ1n) is 10.8. The number of hydrogen-bond acceptors (Lipinski definition) is 5. The van der Waals surface area contributed by atoms with Crippen LogP contribution in [0.1, 0.15) is 17.5 Å². The first-order chi connectivity index (χ1) is 16.5. The quantitative estimate of drug-likeness (QED) is 0.259. The molecular weight excluding hydrogens is 434 g/mol. The van der Waals surface area contributed by atoms with Gasteiger partial charge in [-0.2, -0.15) is 5.10 Å². The number of aromatic nitrogens is 4. The number of carbonyl (C=O) groups is 2. The number of carboxylic acids is 2. The van der Waals surface area contributed by atoms with E-state index in [2.05, 4.69) is 69.6 Å². The highest BCUT2D eigenvalue weighted by atomic mass is 16.4. The Balaban J connectivity index is 0.000000481. The summed E-state index contributed by atoms with van der Waals surface area (Å²) in [5, 5.41) is 23.2. The molecule has 0 saturated carbocycles. The molecule has 9 heteroatoms. The number of aliphatic carboxylic acids is 2. The number of rotatable bonds is 9. The van der Waals surface area contributed by atoms with Gasteiger partial charge in [0, 0.05) is 42.8 Å². The van der Waals surface area contributed by atoms with Gasteiger partial charge in [0.1, 0.15) is 0 Å². The van der Waals surface area contributed by atoms with Gasteiger partial charge in [-0.05, 0) is 18.5 Å². The van der Waals surface area contributed by atoms with Crippen molar-refractivity contribution in [2.75, 3.05) is 6.54 Å². The summed E-state index contributed by atoms with van der Waals surface area (Å²) in [6, 6.07) is 20.9. The van der Waals surface area contributed by atoms with Gasteiger partial charge in [0.05, 0.1) is 18.6 Å². The topological polar surface area (TPSA) is 122 Å². The van der Waals surface area contributed by atoms with Crippen LogP contribution < -0.4 is 5.32 Å². The maximum Gasteiger partial charge on any atom is 0.414 e. The number of benzene rings is 2. The Bertz CT molecular complexity index is 1150. The van der Waals surface area contributed by atoms with Crippen LogP contribution in [0.5, 0.6) is 0 Å². The van der Waals surface area contributed by atoms with Gasteiger partial charge in [-0.3, -0.25) is 4.68 Å². The van der Waals surface area contributed by atoms with E-state index in [-0.39, 0.29) is 0 Å². The SMILES string of the molecule is O=C(O)C(=O)O.c1ccc(Cn2cc(CNCCCn3ccnc3)c(-c3ccccc3)n2)cc1. The molecule has 0 radical (unpaired) electrons. The second kappa shape index (κ2) is 12.7. The van der Waals surface area contributed by atoms with Gasteiger partial charge in [-0.25, -0.2) is 14.6 Å². The lowest BCUT2D eigenvalue weighted by atomic mass is 10.1. The van der Waals surface area contributed by atoms with Crippen LogP contribution in [-0.2, 0) is 29.2 Å². The predicted octanol–water partition coefficient (Wildman–Crippen LogP) is 3.13. The molecule has 176 valence electrons. The molecule has 0 aliphatic carbocycles. The van der Waals surface area contributed by atoms with Crippen molar-refractivity contribution >= 4 is 11.9 Å². The summed E-state index contributed by atoms with van der Waals surface area (Å²) in [6.07, 6.45) is 8.91. The van der Waals surface area contributed by atoms with E-state index >= 15 is 0 Å². The summed E-state index contributed by atoms with van der Waals surface area (Å²) >= 11 is 0. The lowest BCUT2D eigenvalue weighted by Crippen LogP contribution is -2.16. The zero-order chi connectivity index (χ0) is 24.2. The zero-order valence-electron chi connectivity index (χ0n) is 18.6. The fourth-order valence-electron chi connectivity index (χ4n) is 3.31. The van der Waals surface area contributed by atoms with Crippen LogP contribution in [0.25, 0.3) is 11.3 Å². The minimum atomic E-state index is -1.82. The van der Waals surface area contributed by atoms with E-state index in [9.17, 15) is 0 Å². The molecule has 34 heavy (non-hydrogen) atoms. The van der Waals surface area contributed by atoms with Crippen LogP contribution in [0.2, 0.25) is 0 Å². The third-order valence-electron chi connectivity index (χ3n) is 4.90. The summed E-state index contributed by atoms with van der Waals surface area (Å²) in [5.74, 6) is -3.65. The Labute approximate surface area is 197 Å². The minimum absolute atomic E-state index is 0.779. The van der Waals surface area contributed by atoms with Crippen molar-refractivity contribution in [1.82, 2.24) is 24.6 Å². The number of nitrogens with zero attached hydrogens (tertiary/aromatic N) is 4. The highest BCUT2D eigenvalue weighted by Crippen LogP contribution is 2.22. The van der Waals surface area contributed by atoms with E-state index in [1.165, 1.54) is 11.1 Å². The Morgan fingerprint density at radius 1 is 0.941 bits per heavy atom. The number of hydrogen-bond donors (Lipinski definition) is 3. The molecule has 4 aromatic rings. The molecule has 0 fully saturated rings. The van der Waals surface area contributed by atoms with Crippen molar-refractivity contribution in [3.8, 4) is 11.3 Å². The fourth-order valence-corrected chi connectivity index (χ4v) is 3.31. The molecule has 0 aliphatic rings. The standard InChI is InChI=1S/C23H25N5.C2H2O4/c1-3-8-20(9-4-1)17-28-18-22(23(26-28)21-10-5-2-6-11-21)16-24-12-7-14-27-15-13-25-19-27;3-1(4)2(5)6/h1-6,8-11,13,15,18-19,24H,7,12,14,16-17H2;(H,3,4)(H,5,6). The Morgan fingerprint density at radius 3 is 2.24 bits per heavy atom. The first kappa shape index (κ1) is 24.4. The molecular formula is C25H27N5O4. The van der Waals surface area contributed by atoms with Crippen LogP contribution in [0, 0.1) is 0 Å². The van der Waals surface area contributed by atoms with Gasteiger partial charge in [-0.1, -0.05) is 60.7 Å². The van der Waals surface area contributed by atoms with Crippen molar-refractivity contribution in [3.05, 3.63) is 96.7 Å². The van der Waals surface area contributed by atoms with Crippen molar-refractivity contribution in [2.45, 2.75) is 26.1 Å². The number of aryl methyl sites for hydroxylation is 1. The van der Waals surface area contributed by atoms with Gasteiger partial charge >= 0.3 is 11.9 Å². The molecule has 0 saturated heterocycles. The molecule has 0 spiro atoms. The average molecular weight is 462 g/mol. The molecule has 0 atom stereocenters. The smallest absolute Gasteiger partial charge is 0.414 e. The predicted molar refractivity (Wildman–Crippen MR) is 127 cm³/mol. The maximum atomic E-state index is 9.10. The molecule has 0 bridgehead atoms. The largest absolute Gasteiger partial charge is 0.473 e. The summed E-state index contributed by atoms with van der Waals surface area (Å²) in [7, 11) is 0. The number of carboxylic acid groups (broad SMARTS) is 2. The normalized spacial score (nSPS) is 10.4. The van der Waals surface area contributed by atoms with E-state index in [4.69, 9.17) is 24.9 Å². The van der Waals surface area contributed by atoms with Gasteiger partial charge in [0.25, 0.3) is 0 Å². The molecule has 3 N–H and O–H groups in total. The summed E-state index contributed by atoms with van der Waals surface area (Å²) in [4.78, 5) is 22.3. The van der Waals surface area contributed by atoms with Crippen LogP contribution in [0.3, 0.4) is 0 Å². The lowest BCUT2D eigenvalue weighted by Gasteiger charge is -2.06. The summed E-state index contributed by atoms with van der Waals surface area (Å²) in [6.45, 7) is 3.52. The monoisotopic (exact) mass is 461 g/mol. The van der Waals surface area contributed by atoms with Gasteiger partial charge in [0.2, 0.25) is 0 Å². The number of imidazole rings is 1. The van der Waals surface area contributed by atoms with Crippen molar-refractivity contribution < 1.29 is 19.8 Å². The Hall–Kier alpha value is -4.24. The zero-order valence-corrected chi connectivity index (χ0v) is 18.6. The van der Waals surface area contributed by atoms with Crippen molar-refractivity contribution in [3.63, 3.8) is 0 Å². The van der Waals surface area contributed by atoms with Gasteiger partial charge < -0.3 is 20.1 Å². The van der Waals surface area contributed by atoms with Crippen LogP contribution in [-0.4, -0.2) is 48.0 Å². The van der Waals surface area contributed by atoms with Crippen molar-refractivity contribution in [2.24, 2.45) is 0 Å². The highest BCUT2D eigenvalue weighted by Gasteiger charge is 2.11. The molecule has 2 aromatic carbocycles. The van der Waals surface area contributed by atoms with Crippen LogP contribution >= 0.6 is 0 Å². The van der Waals surface area contributed by atoms with E-state index in [1.54, 1.807) is 0 Å². The van der Waals surface area contributed by atoms with E-state index in [0.717, 1.165) is 43.9 Å². The molecule has 2 heterocycles. The first-order valence-corrected chi connectivity index (χ1v) is 10.8. The van der Waals surface area contributed by atoms with Gasteiger partial charge in [-0.15, -0.1) is 0 Å². The number of nitrogens with one attached hydrogen (secondary N) is 1. The minimum Gasteiger partial charge on any atom is -0.473 e. The van der Waals surface area contributed by atoms with Crippen molar-refractivity contribution in [1.29, 1.82) is 0 Å². The fraction of sp³-hybridized carbons (Fsp3) is 0.200. The Morgan fingerprint density at radius 2 is 1.62 bits per heavy atom. The van der Waals surface area contributed by atoms with Crippen LogP contribution in [0.15, 0.2) is 85.6 Å². The third kappa shape index (κ3) is 7.72. The molecule has 4 rings (SSSR count). The molecule has 0 aliphatic heterocycles. The second-order valence-corrected chi connectivity index (χ2v) is 7.49. The second-order valence-electron chi connectivity index (χ2n) is 7.49. The molecule has 0 unspecified atom stereocenters. The van der Waals surface area contributed by atoms with E-state index in [0.29, 0.717) is 0 Å². The molecule has 0 amide bonds. The molecule has 9 nitrogen and oxygen atoms in total. The average Bonchev–Trinajstić information content (AvgIpc) is 3.50. The third-order valence-corrected chi connectivity index (χ3v) is 4.90.